The van der Waals surface area contributed by atoms with Crippen LogP contribution in [0, 0.1) is 0 Å². The van der Waals surface area contributed by atoms with E-state index >= 15 is 0 Å². The van der Waals surface area contributed by atoms with Crippen molar-refractivity contribution in [1.29, 1.82) is 0 Å². The zero-order valence-corrected chi connectivity index (χ0v) is 9.03. The molecular formula is C11H15N5. The Balaban J connectivity index is 2.02. The van der Waals surface area contributed by atoms with Crippen LogP contribution in [0.25, 0.3) is 11.0 Å². The number of nitrogens with one attached hydrogen (secondary N) is 2. The van der Waals surface area contributed by atoms with Crippen molar-refractivity contribution in [1.82, 2.24) is 20.3 Å². The van der Waals surface area contributed by atoms with Crippen LogP contribution in [0.5, 0.6) is 0 Å². The molecule has 0 aromatic carbocycles. The summed E-state index contributed by atoms with van der Waals surface area (Å²) in [6.45, 7) is 2.08. The third-order valence-corrected chi connectivity index (χ3v) is 3.17. The summed E-state index contributed by atoms with van der Waals surface area (Å²) in [4.78, 5) is 12.1. The Morgan fingerprint density at radius 2 is 2.06 bits per heavy atom. The Hall–Kier alpha value is -1.62. The number of nitrogen functional groups attached to an aromatic ring is 1. The third-order valence-electron chi connectivity index (χ3n) is 3.17. The first-order chi connectivity index (χ1) is 7.84. The monoisotopic (exact) mass is 217 g/mol. The molecule has 0 bridgehead atoms. The molecule has 1 aliphatic heterocycles. The Kier molecular flexibility index (Phi) is 2.25. The van der Waals surface area contributed by atoms with Gasteiger partial charge in [0, 0.05) is 12.1 Å². The lowest BCUT2D eigenvalue weighted by Gasteiger charge is -2.21. The molecule has 2 aromatic heterocycles. The smallest absolute Gasteiger partial charge is 0.143 e. The molecule has 4 N–H and O–H groups in total. The van der Waals surface area contributed by atoms with Crippen molar-refractivity contribution in [2.45, 2.75) is 18.8 Å². The van der Waals surface area contributed by atoms with Gasteiger partial charge in [0.15, 0.2) is 0 Å². The molecule has 0 atom stereocenters. The molecule has 0 spiro atoms. The molecule has 0 aliphatic carbocycles. The predicted octanol–water partition coefficient (Wildman–Crippen LogP) is 1.01. The molecule has 3 heterocycles. The Morgan fingerprint density at radius 3 is 2.88 bits per heavy atom. The van der Waals surface area contributed by atoms with Crippen LogP contribution in [-0.2, 0) is 0 Å². The van der Waals surface area contributed by atoms with Crippen molar-refractivity contribution in [3.05, 3.63) is 18.1 Å². The van der Waals surface area contributed by atoms with E-state index in [0.29, 0.717) is 11.7 Å². The topological polar surface area (TPSA) is 79.6 Å². The van der Waals surface area contributed by atoms with Gasteiger partial charge in [-0.3, -0.25) is 0 Å². The molecule has 1 fully saturated rings. The number of nitrogens with zero attached hydrogens (tertiary/aromatic N) is 2. The highest BCUT2D eigenvalue weighted by Gasteiger charge is 2.19. The lowest BCUT2D eigenvalue weighted by molar-refractivity contribution is 0.446. The van der Waals surface area contributed by atoms with E-state index in [1.165, 1.54) is 0 Å². The molecule has 0 unspecified atom stereocenters. The summed E-state index contributed by atoms with van der Waals surface area (Å²) in [5.74, 6) is 1.91. The summed E-state index contributed by atoms with van der Waals surface area (Å²) < 4.78 is 0. The summed E-state index contributed by atoms with van der Waals surface area (Å²) >= 11 is 0. The zero-order chi connectivity index (χ0) is 11.0. The fourth-order valence-electron chi connectivity index (χ4n) is 2.25. The molecule has 2 aromatic rings. The number of rotatable bonds is 1. The number of piperidine rings is 1. The summed E-state index contributed by atoms with van der Waals surface area (Å²) in [6, 6.07) is 1.91. The van der Waals surface area contributed by atoms with Crippen molar-refractivity contribution in [2.75, 3.05) is 18.8 Å². The minimum atomic E-state index is 0.441. The summed E-state index contributed by atoms with van der Waals surface area (Å²) in [7, 11) is 0. The quantitative estimate of drug-likeness (QED) is 0.666. The molecule has 5 nitrogen and oxygen atoms in total. The van der Waals surface area contributed by atoms with Gasteiger partial charge in [-0.05, 0) is 32.0 Å². The third kappa shape index (κ3) is 1.53. The number of aromatic amines is 1. The zero-order valence-electron chi connectivity index (χ0n) is 9.03. The molecule has 84 valence electrons. The largest absolute Gasteiger partial charge is 0.383 e. The standard InChI is InChI=1S/C11H15N5/c12-9-8-3-6-14-11(8)16-10(15-9)7-1-4-13-5-2-7/h3,6-7,13H,1-2,4-5H2,(H3,12,14,15,16). The molecule has 0 saturated carbocycles. The van der Waals surface area contributed by atoms with E-state index in [-0.39, 0.29) is 0 Å². The van der Waals surface area contributed by atoms with Crippen LogP contribution < -0.4 is 11.1 Å². The van der Waals surface area contributed by atoms with Gasteiger partial charge in [-0.2, -0.15) is 0 Å². The number of nitrogens with two attached hydrogens (primary N) is 1. The van der Waals surface area contributed by atoms with Crippen molar-refractivity contribution in [3.63, 3.8) is 0 Å². The van der Waals surface area contributed by atoms with Gasteiger partial charge >= 0.3 is 0 Å². The summed E-state index contributed by atoms with van der Waals surface area (Å²) in [6.07, 6.45) is 4.03. The highest BCUT2D eigenvalue weighted by atomic mass is 15.0. The molecule has 3 rings (SSSR count). The van der Waals surface area contributed by atoms with Crippen molar-refractivity contribution in [3.8, 4) is 0 Å². The van der Waals surface area contributed by atoms with E-state index in [1.54, 1.807) is 0 Å². The molecule has 5 heteroatoms. The second kappa shape index (κ2) is 3.75. The fraction of sp³-hybridized carbons (Fsp3) is 0.455. The second-order valence-corrected chi connectivity index (χ2v) is 4.23. The molecule has 1 saturated heterocycles. The first-order valence-electron chi connectivity index (χ1n) is 5.66. The van der Waals surface area contributed by atoms with E-state index in [2.05, 4.69) is 20.3 Å². The normalized spacial score (nSPS) is 18.0. The van der Waals surface area contributed by atoms with Crippen LogP contribution in [0.15, 0.2) is 12.3 Å². The Bertz CT molecular complexity index is 498. The van der Waals surface area contributed by atoms with E-state index in [9.17, 15) is 0 Å². The maximum Gasteiger partial charge on any atom is 0.143 e. The lowest BCUT2D eigenvalue weighted by atomic mass is 9.97. The number of hydrogen-bond acceptors (Lipinski definition) is 4. The number of fused-ring (bicyclic) bond motifs is 1. The summed E-state index contributed by atoms with van der Waals surface area (Å²) in [5.41, 5.74) is 6.77. The van der Waals surface area contributed by atoms with Crippen LogP contribution in [-0.4, -0.2) is 28.0 Å². The van der Waals surface area contributed by atoms with Gasteiger partial charge in [0.25, 0.3) is 0 Å². The fourth-order valence-corrected chi connectivity index (χ4v) is 2.25. The molecular weight excluding hydrogens is 202 g/mol. The minimum Gasteiger partial charge on any atom is -0.383 e. The number of hydrogen-bond donors (Lipinski definition) is 3. The number of aromatic nitrogens is 3. The van der Waals surface area contributed by atoms with Gasteiger partial charge < -0.3 is 16.0 Å². The van der Waals surface area contributed by atoms with Gasteiger partial charge in [-0.1, -0.05) is 0 Å². The molecule has 1 aliphatic rings. The van der Waals surface area contributed by atoms with E-state index in [4.69, 9.17) is 5.73 Å². The average molecular weight is 217 g/mol. The maximum absolute atomic E-state index is 5.92. The Morgan fingerprint density at radius 1 is 1.25 bits per heavy atom. The Labute approximate surface area is 93.5 Å². The van der Waals surface area contributed by atoms with Crippen molar-refractivity contribution in [2.24, 2.45) is 0 Å². The summed E-state index contributed by atoms with van der Waals surface area (Å²) in [5, 5.41) is 4.25. The van der Waals surface area contributed by atoms with Gasteiger partial charge in [0.2, 0.25) is 0 Å². The van der Waals surface area contributed by atoms with Crippen LogP contribution in [0.1, 0.15) is 24.6 Å². The van der Waals surface area contributed by atoms with Gasteiger partial charge in [-0.15, -0.1) is 0 Å². The van der Waals surface area contributed by atoms with E-state index in [1.807, 2.05) is 12.3 Å². The van der Waals surface area contributed by atoms with Crippen molar-refractivity contribution < 1.29 is 0 Å². The van der Waals surface area contributed by atoms with Gasteiger partial charge in [0.05, 0.1) is 5.39 Å². The average Bonchev–Trinajstić information content (AvgIpc) is 2.79. The molecule has 16 heavy (non-hydrogen) atoms. The SMILES string of the molecule is Nc1nc(C2CCNCC2)nc2[nH]ccc12. The van der Waals surface area contributed by atoms with Crippen LogP contribution in [0.4, 0.5) is 5.82 Å². The molecule has 0 radical (unpaired) electrons. The van der Waals surface area contributed by atoms with Crippen molar-refractivity contribution >= 4 is 16.9 Å². The van der Waals surface area contributed by atoms with Gasteiger partial charge in [-0.25, -0.2) is 9.97 Å². The number of H-pyrrole nitrogens is 1. The molecule has 0 amide bonds. The van der Waals surface area contributed by atoms with E-state index < -0.39 is 0 Å². The van der Waals surface area contributed by atoms with Crippen LogP contribution in [0.3, 0.4) is 0 Å². The van der Waals surface area contributed by atoms with Crippen LogP contribution in [0.2, 0.25) is 0 Å². The van der Waals surface area contributed by atoms with Gasteiger partial charge in [0.1, 0.15) is 17.3 Å². The predicted molar refractivity (Wildman–Crippen MR) is 63.1 cm³/mol. The van der Waals surface area contributed by atoms with E-state index in [0.717, 1.165) is 42.8 Å². The highest BCUT2D eigenvalue weighted by molar-refractivity contribution is 5.85. The lowest BCUT2D eigenvalue weighted by Crippen LogP contribution is -2.27. The first kappa shape index (κ1) is 9.59. The number of anilines is 1. The first-order valence-corrected chi connectivity index (χ1v) is 5.66. The van der Waals surface area contributed by atoms with Crippen LogP contribution >= 0.6 is 0 Å². The highest BCUT2D eigenvalue weighted by Crippen LogP contribution is 2.25. The maximum atomic E-state index is 5.92. The second-order valence-electron chi connectivity index (χ2n) is 4.23. The minimum absolute atomic E-state index is 0.441.